The highest BCUT2D eigenvalue weighted by Crippen LogP contribution is 2.19. The number of aromatic amines is 1. The SMILES string of the molecule is Cc1nc(Br)ccc1NC(=O)c1ccc2cc[nH]c2c1. The summed E-state index contributed by atoms with van der Waals surface area (Å²) in [5, 5.41) is 3.96. The first-order valence-corrected chi connectivity index (χ1v) is 6.94. The van der Waals surface area contributed by atoms with Gasteiger partial charge < -0.3 is 10.3 Å². The molecule has 0 unspecified atom stereocenters. The molecular formula is C15H12BrN3O. The molecule has 2 aromatic heterocycles. The van der Waals surface area contributed by atoms with Crippen molar-refractivity contribution in [3.05, 3.63) is 58.5 Å². The Kier molecular flexibility index (Phi) is 3.28. The summed E-state index contributed by atoms with van der Waals surface area (Å²) in [6.45, 7) is 1.86. The number of nitrogens with zero attached hydrogens (tertiary/aromatic N) is 1. The van der Waals surface area contributed by atoms with Gasteiger partial charge in [0.25, 0.3) is 5.91 Å². The van der Waals surface area contributed by atoms with Crippen LogP contribution < -0.4 is 5.32 Å². The van der Waals surface area contributed by atoms with Gasteiger partial charge in [-0.3, -0.25) is 4.79 Å². The van der Waals surface area contributed by atoms with Crippen LogP contribution in [-0.4, -0.2) is 15.9 Å². The zero-order valence-corrected chi connectivity index (χ0v) is 12.4. The summed E-state index contributed by atoms with van der Waals surface area (Å²) in [5.41, 5.74) is 3.05. The molecule has 0 saturated carbocycles. The van der Waals surface area contributed by atoms with Crippen LogP contribution in [0.5, 0.6) is 0 Å². The lowest BCUT2D eigenvalue weighted by atomic mass is 10.1. The van der Waals surface area contributed by atoms with Crippen LogP contribution in [0.25, 0.3) is 10.9 Å². The van der Waals surface area contributed by atoms with Gasteiger partial charge in [0.05, 0.1) is 11.4 Å². The molecule has 1 aromatic carbocycles. The number of aryl methyl sites for hydroxylation is 1. The smallest absolute Gasteiger partial charge is 0.255 e. The van der Waals surface area contributed by atoms with E-state index in [1.807, 2.05) is 43.5 Å². The number of H-pyrrole nitrogens is 1. The standard InChI is InChI=1S/C15H12BrN3O/c1-9-12(4-5-14(16)18-9)19-15(20)11-3-2-10-6-7-17-13(10)8-11/h2-8,17H,1H3,(H,19,20). The van der Waals surface area contributed by atoms with Crippen LogP contribution >= 0.6 is 15.9 Å². The monoisotopic (exact) mass is 329 g/mol. The van der Waals surface area contributed by atoms with E-state index in [1.165, 1.54) is 0 Å². The minimum atomic E-state index is -0.145. The third-order valence-electron chi connectivity index (χ3n) is 3.12. The molecule has 3 rings (SSSR count). The van der Waals surface area contributed by atoms with Crippen molar-refractivity contribution in [2.24, 2.45) is 0 Å². The molecule has 3 aromatic rings. The van der Waals surface area contributed by atoms with E-state index in [0.717, 1.165) is 21.2 Å². The summed E-state index contributed by atoms with van der Waals surface area (Å²) in [4.78, 5) is 19.6. The molecule has 0 aliphatic heterocycles. The molecule has 2 heterocycles. The second-order valence-corrected chi connectivity index (χ2v) is 5.31. The van der Waals surface area contributed by atoms with Crippen LogP contribution in [0, 0.1) is 6.92 Å². The van der Waals surface area contributed by atoms with Gasteiger partial charge in [0, 0.05) is 17.3 Å². The maximum atomic E-state index is 12.3. The van der Waals surface area contributed by atoms with Crippen molar-refractivity contribution in [3.8, 4) is 0 Å². The van der Waals surface area contributed by atoms with Crippen LogP contribution in [0.1, 0.15) is 16.1 Å². The fourth-order valence-electron chi connectivity index (χ4n) is 2.05. The number of pyridine rings is 1. The van der Waals surface area contributed by atoms with Gasteiger partial charge in [-0.1, -0.05) is 6.07 Å². The number of aromatic nitrogens is 2. The van der Waals surface area contributed by atoms with Gasteiger partial charge in [-0.15, -0.1) is 0 Å². The highest BCUT2D eigenvalue weighted by Gasteiger charge is 2.09. The number of carbonyl (C=O) groups excluding carboxylic acids is 1. The van der Waals surface area contributed by atoms with Gasteiger partial charge in [-0.2, -0.15) is 0 Å². The molecule has 0 fully saturated rings. The van der Waals surface area contributed by atoms with Crippen LogP contribution in [-0.2, 0) is 0 Å². The van der Waals surface area contributed by atoms with Gasteiger partial charge in [0.1, 0.15) is 4.60 Å². The van der Waals surface area contributed by atoms with Gasteiger partial charge in [0.15, 0.2) is 0 Å². The third-order valence-corrected chi connectivity index (χ3v) is 3.56. The second kappa shape index (κ2) is 5.09. The lowest BCUT2D eigenvalue weighted by molar-refractivity contribution is 0.102. The van der Waals surface area contributed by atoms with Crippen molar-refractivity contribution in [1.29, 1.82) is 0 Å². The first kappa shape index (κ1) is 12.9. The number of halogens is 1. The number of nitrogens with one attached hydrogen (secondary N) is 2. The first-order valence-electron chi connectivity index (χ1n) is 6.15. The summed E-state index contributed by atoms with van der Waals surface area (Å²) >= 11 is 3.30. The fourth-order valence-corrected chi connectivity index (χ4v) is 2.44. The molecule has 0 spiro atoms. The van der Waals surface area contributed by atoms with E-state index in [2.05, 4.69) is 31.2 Å². The maximum Gasteiger partial charge on any atom is 0.255 e. The van der Waals surface area contributed by atoms with Crippen molar-refractivity contribution in [1.82, 2.24) is 9.97 Å². The molecule has 5 heteroatoms. The Hall–Kier alpha value is -2.14. The van der Waals surface area contributed by atoms with Crippen LogP contribution in [0.2, 0.25) is 0 Å². The number of hydrogen-bond donors (Lipinski definition) is 2. The highest BCUT2D eigenvalue weighted by molar-refractivity contribution is 9.10. The first-order chi connectivity index (χ1) is 9.63. The average molecular weight is 330 g/mol. The Morgan fingerprint density at radius 1 is 1.25 bits per heavy atom. The van der Waals surface area contributed by atoms with E-state index >= 15 is 0 Å². The molecule has 1 amide bonds. The van der Waals surface area contributed by atoms with Crippen molar-refractivity contribution >= 4 is 38.4 Å². The predicted molar refractivity (Wildman–Crippen MR) is 82.9 cm³/mol. The van der Waals surface area contributed by atoms with Crippen LogP contribution in [0.3, 0.4) is 0 Å². The van der Waals surface area contributed by atoms with Gasteiger partial charge in [-0.05, 0) is 58.6 Å². The van der Waals surface area contributed by atoms with Crippen molar-refractivity contribution < 1.29 is 4.79 Å². The summed E-state index contributed by atoms with van der Waals surface area (Å²) < 4.78 is 0.751. The van der Waals surface area contributed by atoms with Gasteiger partial charge in [-0.25, -0.2) is 4.98 Å². The number of anilines is 1. The van der Waals surface area contributed by atoms with E-state index < -0.39 is 0 Å². The Labute approximate surface area is 124 Å². The largest absolute Gasteiger partial charge is 0.361 e. The Balaban J connectivity index is 1.88. The number of fused-ring (bicyclic) bond motifs is 1. The molecule has 0 saturated heterocycles. The summed E-state index contributed by atoms with van der Waals surface area (Å²) in [6, 6.07) is 11.2. The zero-order valence-electron chi connectivity index (χ0n) is 10.8. The summed E-state index contributed by atoms with van der Waals surface area (Å²) in [5.74, 6) is -0.145. The highest BCUT2D eigenvalue weighted by atomic mass is 79.9. The predicted octanol–water partition coefficient (Wildman–Crippen LogP) is 3.89. The number of benzene rings is 1. The molecular weight excluding hydrogens is 318 g/mol. The normalized spacial score (nSPS) is 10.7. The number of hydrogen-bond acceptors (Lipinski definition) is 2. The fraction of sp³-hybridized carbons (Fsp3) is 0.0667. The molecule has 20 heavy (non-hydrogen) atoms. The van der Waals surface area contributed by atoms with E-state index in [4.69, 9.17) is 0 Å². The molecule has 100 valence electrons. The molecule has 0 atom stereocenters. The van der Waals surface area contributed by atoms with Crippen molar-refractivity contribution in [2.45, 2.75) is 6.92 Å². The third kappa shape index (κ3) is 2.44. The molecule has 4 nitrogen and oxygen atoms in total. The molecule has 0 bridgehead atoms. The molecule has 0 aliphatic rings. The van der Waals surface area contributed by atoms with E-state index in [-0.39, 0.29) is 5.91 Å². The molecule has 2 N–H and O–H groups in total. The number of carbonyl (C=O) groups is 1. The Morgan fingerprint density at radius 3 is 2.90 bits per heavy atom. The maximum absolute atomic E-state index is 12.3. The number of rotatable bonds is 2. The van der Waals surface area contributed by atoms with E-state index in [9.17, 15) is 4.79 Å². The minimum absolute atomic E-state index is 0.145. The topological polar surface area (TPSA) is 57.8 Å². The van der Waals surface area contributed by atoms with E-state index in [1.54, 1.807) is 6.07 Å². The average Bonchev–Trinajstić information content (AvgIpc) is 2.89. The Bertz CT molecular complexity index is 795. The second-order valence-electron chi connectivity index (χ2n) is 4.50. The quantitative estimate of drug-likeness (QED) is 0.701. The Morgan fingerprint density at radius 2 is 2.10 bits per heavy atom. The minimum Gasteiger partial charge on any atom is -0.361 e. The molecule has 0 radical (unpaired) electrons. The van der Waals surface area contributed by atoms with Crippen LogP contribution in [0.4, 0.5) is 5.69 Å². The van der Waals surface area contributed by atoms with Crippen LogP contribution in [0.15, 0.2) is 47.2 Å². The summed E-state index contributed by atoms with van der Waals surface area (Å²) in [7, 11) is 0. The van der Waals surface area contributed by atoms with Gasteiger partial charge >= 0.3 is 0 Å². The van der Waals surface area contributed by atoms with Crippen molar-refractivity contribution in [3.63, 3.8) is 0 Å². The zero-order chi connectivity index (χ0) is 14.1. The lowest BCUT2D eigenvalue weighted by Crippen LogP contribution is -2.13. The lowest BCUT2D eigenvalue weighted by Gasteiger charge is -2.08. The van der Waals surface area contributed by atoms with Gasteiger partial charge in [0.2, 0.25) is 0 Å². The summed E-state index contributed by atoms with van der Waals surface area (Å²) in [6.07, 6.45) is 1.86. The van der Waals surface area contributed by atoms with Crippen molar-refractivity contribution in [2.75, 3.05) is 5.32 Å². The molecule has 0 aliphatic carbocycles. The van der Waals surface area contributed by atoms with E-state index in [0.29, 0.717) is 11.3 Å². The number of amides is 1.